The van der Waals surface area contributed by atoms with Gasteiger partial charge in [-0.25, -0.2) is 9.59 Å². The number of rotatable bonds is 4. The topological polar surface area (TPSA) is 95.9 Å². The number of nitrogens with one attached hydrogen (secondary N) is 1. The smallest absolute Gasteiger partial charge is 0.327 e. The summed E-state index contributed by atoms with van der Waals surface area (Å²) in [7, 11) is 1.23. The molecule has 2 fully saturated rings. The van der Waals surface area contributed by atoms with Crippen molar-refractivity contribution >= 4 is 29.7 Å². The molecular weight excluding hydrogens is 272 g/mol. The summed E-state index contributed by atoms with van der Waals surface area (Å²) < 4.78 is 4.43. The standard InChI is InChI=1S/C11H16N2O5S/c1-18-8(14)4-12-11(17)13-7(10(15)16)5-19-9(13)6-2-3-6/h6-7,9H,2-5H2,1H3,(H,12,17)(H,15,16). The average molecular weight is 288 g/mol. The van der Waals surface area contributed by atoms with E-state index in [1.165, 1.54) is 23.8 Å². The molecule has 2 amide bonds. The third-order valence-corrected chi connectivity index (χ3v) is 4.65. The van der Waals surface area contributed by atoms with Crippen LogP contribution in [0.2, 0.25) is 0 Å². The number of carboxylic acids is 1. The number of esters is 1. The third-order valence-electron chi connectivity index (χ3n) is 3.19. The van der Waals surface area contributed by atoms with E-state index in [1.807, 2.05) is 0 Å². The van der Waals surface area contributed by atoms with E-state index in [9.17, 15) is 14.4 Å². The lowest BCUT2D eigenvalue weighted by atomic mass is 10.2. The van der Waals surface area contributed by atoms with Crippen LogP contribution in [-0.4, -0.2) is 58.8 Å². The zero-order chi connectivity index (χ0) is 14.0. The highest BCUT2D eigenvalue weighted by atomic mass is 32.2. The maximum Gasteiger partial charge on any atom is 0.327 e. The predicted octanol–water partition coefficient (Wildman–Crippen LogP) is 0.107. The zero-order valence-electron chi connectivity index (χ0n) is 10.5. The van der Waals surface area contributed by atoms with Crippen LogP contribution in [0.15, 0.2) is 0 Å². The van der Waals surface area contributed by atoms with Crippen LogP contribution in [0.1, 0.15) is 12.8 Å². The number of hydrogen-bond donors (Lipinski definition) is 2. The van der Waals surface area contributed by atoms with Crippen LogP contribution in [0.25, 0.3) is 0 Å². The molecule has 2 N–H and O–H groups in total. The van der Waals surface area contributed by atoms with Crippen molar-refractivity contribution in [2.24, 2.45) is 5.92 Å². The average Bonchev–Trinajstić information content (AvgIpc) is 3.13. The number of hydrogen-bond acceptors (Lipinski definition) is 5. The lowest BCUT2D eigenvalue weighted by Gasteiger charge is -2.27. The van der Waals surface area contributed by atoms with Gasteiger partial charge in [-0.3, -0.25) is 9.69 Å². The summed E-state index contributed by atoms with van der Waals surface area (Å²) >= 11 is 1.49. The Balaban J connectivity index is 2.01. The molecule has 0 aromatic heterocycles. The van der Waals surface area contributed by atoms with Crippen molar-refractivity contribution in [3.05, 3.63) is 0 Å². The van der Waals surface area contributed by atoms with Crippen LogP contribution in [-0.2, 0) is 14.3 Å². The molecule has 1 saturated heterocycles. The molecule has 2 aliphatic rings. The fourth-order valence-electron chi connectivity index (χ4n) is 2.03. The quantitative estimate of drug-likeness (QED) is 0.713. The minimum absolute atomic E-state index is 0.0984. The maximum atomic E-state index is 12.1. The number of carboxylic acid groups (broad SMARTS) is 1. The molecule has 19 heavy (non-hydrogen) atoms. The van der Waals surface area contributed by atoms with E-state index in [0.717, 1.165) is 12.8 Å². The van der Waals surface area contributed by atoms with Crippen LogP contribution in [0, 0.1) is 5.92 Å². The molecular formula is C11H16N2O5S. The molecule has 2 rings (SSSR count). The van der Waals surface area contributed by atoms with Gasteiger partial charge in [0.2, 0.25) is 0 Å². The SMILES string of the molecule is COC(=O)CNC(=O)N1C(C(=O)O)CSC1C1CC1. The second kappa shape index (κ2) is 5.68. The van der Waals surface area contributed by atoms with Gasteiger partial charge in [0.25, 0.3) is 0 Å². The van der Waals surface area contributed by atoms with Crippen molar-refractivity contribution < 1.29 is 24.2 Å². The number of methoxy groups -OCH3 is 1. The Morgan fingerprint density at radius 2 is 2.11 bits per heavy atom. The largest absolute Gasteiger partial charge is 0.480 e. The maximum absolute atomic E-state index is 12.1. The lowest BCUT2D eigenvalue weighted by Crippen LogP contribution is -2.51. The molecule has 1 heterocycles. The van der Waals surface area contributed by atoms with Gasteiger partial charge in [-0.05, 0) is 18.8 Å². The molecule has 8 heteroatoms. The third kappa shape index (κ3) is 3.12. The van der Waals surface area contributed by atoms with E-state index < -0.39 is 24.0 Å². The number of urea groups is 1. The van der Waals surface area contributed by atoms with Crippen molar-refractivity contribution in [1.29, 1.82) is 0 Å². The van der Waals surface area contributed by atoms with Gasteiger partial charge in [-0.1, -0.05) is 0 Å². The van der Waals surface area contributed by atoms with Crippen LogP contribution >= 0.6 is 11.8 Å². The number of nitrogens with zero attached hydrogens (tertiary/aromatic N) is 1. The van der Waals surface area contributed by atoms with Crippen molar-refractivity contribution in [3.8, 4) is 0 Å². The van der Waals surface area contributed by atoms with Crippen molar-refractivity contribution in [2.75, 3.05) is 19.4 Å². The summed E-state index contributed by atoms with van der Waals surface area (Å²) in [6, 6.07) is -1.34. The zero-order valence-corrected chi connectivity index (χ0v) is 11.3. The summed E-state index contributed by atoms with van der Waals surface area (Å²) in [5.41, 5.74) is 0. The molecule has 0 bridgehead atoms. The van der Waals surface area contributed by atoms with Crippen molar-refractivity contribution in [2.45, 2.75) is 24.3 Å². The minimum atomic E-state index is -1.01. The number of ether oxygens (including phenoxy) is 1. The number of thioether (sulfide) groups is 1. The molecule has 0 aromatic carbocycles. The van der Waals surface area contributed by atoms with Gasteiger partial charge < -0.3 is 15.2 Å². The Hall–Kier alpha value is -1.44. The molecule has 0 aromatic rings. The van der Waals surface area contributed by atoms with Crippen LogP contribution < -0.4 is 5.32 Å². The molecule has 1 saturated carbocycles. The first kappa shape index (κ1) is 14.0. The molecule has 0 radical (unpaired) electrons. The van der Waals surface area contributed by atoms with Crippen LogP contribution in [0.4, 0.5) is 4.79 Å². The second-order valence-electron chi connectivity index (χ2n) is 4.56. The van der Waals surface area contributed by atoms with E-state index in [1.54, 1.807) is 0 Å². The molecule has 1 aliphatic carbocycles. The Morgan fingerprint density at radius 3 is 2.63 bits per heavy atom. The van der Waals surface area contributed by atoms with Crippen LogP contribution in [0.5, 0.6) is 0 Å². The number of carbonyl (C=O) groups excluding carboxylic acids is 2. The first-order valence-corrected chi connectivity index (χ1v) is 7.07. The van der Waals surface area contributed by atoms with Gasteiger partial charge in [0.15, 0.2) is 0 Å². The fraction of sp³-hybridized carbons (Fsp3) is 0.727. The van der Waals surface area contributed by atoms with Gasteiger partial charge in [-0.2, -0.15) is 0 Å². The summed E-state index contributed by atoms with van der Waals surface area (Å²) in [5, 5.41) is 11.5. The first-order valence-electron chi connectivity index (χ1n) is 6.02. The highest BCUT2D eigenvalue weighted by Gasteiger charge is 2.48. The normalized spacial score (nSPS) is 26.1. The summed E-state index contributed by atoms with van der Waals surface area (Å²) in [6.07, 6.45) is 2.04. The Kier molecular flexibility index (Phi) is 4.18. The van der Waals surface area contributed by atoms with Gasteiger partial charge in [0.1, 0.15) is 12.6 Å². The monoisotopic (exact) mass is 288 g/mol. The Labute approximate surface area is 114 Å². The van der Waals surface area contributed by atoms with E-state index in [0.29, 0.717) is 11.7 Å². The predicted molar refractivity (Wildman–Crippen MR) is 67.6 cm³/mol. The van der Waals surface area contributed by atoms with Gasteiger partial charge in [0, 0.05) is 5.75 Å². The molecule has 7 nitrogen and oxygen atoms in total. The van der Waals surface area contributed by atoms with Crippen molar-refractivity contribution in [1.82, 2.24) is 10.2 Å². The highest BCUT2D eigenvalue weighted by Crippen LogP contribution is 2.45. The van der Waals surface area contributed by atoms with Crippen molar-refractivity contribution in [3.63, 3.8) is 0 Å². The fourth-order valence-corrected chi connectivity index (χ4v) is 3.66. The summed E-state index contributed by atoms with van der Waals surface area (Å²) in [4.78, 5) is 35.6. The number of carbonyl (C=O) groups is 3. The van der Waals surface area contributed by atoms with E-state index in [-0.39, 0.29) is 11.9 Å². The minimum Gasteiger partial charge on any atom is -0.480 e. The van der Waals surface area contributed by atoms with Gasteiger partial charge in [0.05, 0.1) is 12.5 Å². The lowest BCUT2D eigenvalue weighted by molar-refractivity contribution is -0.141. The number of amides is 2. The van der Waals surface area contributed by atoms with E-state index in [4.69, 9.17) is 5.11 Å². The molecule has 0 spiro atoms. The summed E-state index contributed by atoms with van der Waals surface area (Å²) in [5.74, 6) is -0.806. The van der Waals surface area contributed by atoms with Gasteiger partial charge in [-0.15, -0.1) is 11.8 Å². The van der Waals surface area contributed by atoms with Gasteiger partial charge >= 0.3 is 18.0 Å². The van der Waals surface area contributed by atoms with Crippen LogP contribution in [0.3, 0.4) is 0 Å². The highest BCUT2D eigenvalue weighted by molar-refractivity contribution is 8.00. The second-order valence-corrected chi connectivity index (χ2v) is 5.71. The molecule has 2 atom stereocenters. The van der Waals surface area contributed by atoms with E-state index >= 15 is 0 Å². The molecule has 1 aliphatic heterocycles. The molecule has 2 unspecified atom stereocenters. The number of aliphatic carboxylic acids is 1. The molecule has 106 valence electrons. The Morgan fingerprint density at radius 1 is 1.42 bits per heavy atom. The Bertz CT molecular complexity index is 399. The van der Waals surface area contributed by atoms with E-state index in [2.05, 4.69) is 10.1 Å². The summed E-state index contributed by atoms with van der Waals surface area (Å²) in [6.45, 7) is -0.250. The first-order chi connectivity index (χ1) is 9.04.